The summed E-state index contributed by atoms with van der Waals surface area (Å²) in [6.45, 7) is 2.20. The molecular weight excluding hydrogens is 735 g/mol. The third-order valence-electron chi connectivity index (χ3n) is 8.90. The number of methoxy groups -OCH3 is 1. The van der Waals surface area contributed by atoms with Gasteiger partial charge in [-0.05, 0) is 97.4 Å². The third-order valence-corrected chi connectivity index (χ3v) is 9.58. The second kappa shape index (κ2) is 17.2. The van der Waals surface area contributed by atoms with E-state index in [0.29, 0.717) is 36.1 Å². The molecule has 6 rings (SSSR count). The van der Waals surface area contributed by atoms with E-state index in [-0.39, 0.29) is 42.9 Å². The number of carbonyl (C=O) groups excluding carboxylic acids is 2. The minimum absolute atomic E-state index is 0. The van der Waals surface area contributed by atoms with Crippen LogP contribution in [0, 0.1) is 5.92 Å². The lowest BCUT2D eigenvalue weighted by Crippen LogP contribution is -2.59. The van der Waals surface area contributed by atoms with Gasteiger partial charge in [-0.15, -0.1) is 12.4 Å². The predicted octanol–water partition coefficient (Wildman–Crippen LogP) is 6.16. The standard InChI is InChI=1S/C24H26BrN3O3.C12H16ClNO3.ClH/c1-27-13-17-8-21-24(30-3,19-5-4-6-20(27)22(17)19)9-15(12-28(21)2)14-31-23(29)16-7-18(25)11-26-10-16;1-14(2)7-8-16-12(15)9-17-11-5-3-10(13)4-6-11;/h4-7,10-11,13,15,21H,8-9,12,14H2,1-3H3;3-6H,7-9H2,1-2H3;1H. The van der Waals surface area contributed by atoms with E-state index in [9.17, 15) is 9.59 Å². The van der Waals surface area contributed by atoms with Crippen LogP contribution in [-0.2, 0) is 38.1 Å². The van der Waals surface area contributed by atoms with Crippen LogP contribution in [0.4, 0.5) is 0 Å². The molecule has 3 atom stereocenters. The Morgan fingerprint density at radius 1 is 1.10 bits per heavy atom. The van der Waals surface area contributed by atoms with Crippen molar-refractivity contribution in [2.75, 3.05) is 61.2 Å². The molecular formula is C36H43BrCl2N4O6. The van der Waals surface area contributed by atoms with Crippen LogP contribution in [0.3, 0.4) is 0 Å². The van der Waals surface area contributed by atoms with Gasteiger partial charge in [-0.3, -0.25) is 9.88 Å². The van der Waals surface area contributed by atoms with Crippen LogP contribution in [0.1, 0.15) is 27.9 Å². The molecule has 2 aliphatic rings. The number of fused-ring (bicyclic) bond motifs is 2. The van der Waals surface area contributed by atoms with Crippen LogP contribution in [0.5, 0.6) is 5.75 Å². The number of benzene rings is 2. The van der Waals surface area contributed by atoms with Gasteiger partial charge in [-0.2, -0.15) is 0 Å². The Bertz CT molecular complexity index is 1740. The lowest BCUT2D eigenvalue weighted by atomic mass is 9.69. The summed E-state index contributed by atoms with van der Waals surface area (Å²) in [6, 6.07) is 15.3. The molecule has 3 heterocycles. The normalized spacial score (nSPS) is 19.7. The van der Waals surface area contributed by atoms with Crippen molar-refractivity contribution in [3.05, 3.63) is 93.3 Å². The van der Waals surface area contributed by atoms with Gasteiger partial charge in [0.25, 0.3) is 0 Å². The summed E-state index contributed by atoms with van der Waals surface area (Å²) in [5.74, 6) is 0.0488. The van der Waals surface area contributed by atoms with E-state index in [2.05, 4.69) is 68.9 Å². The Labute approximate surface area is 307 Å². The molecule has 0 N–H and O–H groups in total. The number of esters is 2. The number of halogens is 3. The van der Waals surface area contributed by atoms with E-state index in [1.54, 1.807) is 36.5 Å². The maximum atomic E-state index is 12.5. The molecule has 1 fully saturated rings. The lowest BCUT2D eigenvalue weighted by Gasteiger charge is -2.53. The molecule has 3 unspecified atom stereocenters. The van der Waals surface area contributed by atoms with E-state index < -0.39 is 5.60 Å². The highest BCUT2D eigenvalue weighted by Crippen LogP contribution is 2.49. The van der Waals surface area contributed by atoms with Crippen LogP contribution in [0.15, 0.2) is 71.6 Å². The first-order valence-corrected chi connectivity index (χ1v) is 17.0. The van der Waals surface area contributed by atoms with Crippen molar-refractivity contribution in [2.24, 2.45) is 13.0 Å². The SMILES string of the molecule is CN(C)CCOC(=O)COc1ccc(Cl)cc1.COC12CC(COC(=O)c3cncc(Br)c3)CN(C)C1Cc1cn(C)c3cccc2c13.Cl. The smallest absolute Gasteiger partial charge is 0.344 e. The first-order valence-electron chi connectivity index (χ1n) is 15.8. The number of pyridine rings is 1. The van der Waals surface area contributed by atoms with Crippen molar-refractivity contribution in [1.82, 2.24) is 19.4 Å². The van der Waals surface area contributed by atoms with Gasteiger partial charge < -0.3 is 28.4 Å². The van der Waals surface area contributed by atoms with E-state index in [1.165, 1.54) is 28.2 Å². The highest BCUT2D eigenvalue weighted by atomic mass is 79.9. The van der Waals surface area contributed by atoms with Crippen molar-refractivity contribution in [2.45, 2.75) is 24.5 Å². The van der Waals surface area contributed by atoms with Crippen molar-refractivity contribution in [1.29, 1.82) is 0 Å². The largest absolute Gasteiger partial charge is 0.482 e. The molecule has 264 valence electrons. The second-order valence-electron chi connectivity index (χ2n) is 12.5. The third kappa shape index (κ3) is 9.14. The number of aryl methyl sites for hydroxylation is 1. The molecule has 0 spiro atoms. The molecule has 13 heteroatoms. The Morgan fingerprint density at radius 2 is 1.86 bits per heavy atom. The van der Waals surface area contributed by atoms with Crippen LogP contribution < -0.4 is 4.74 Å². The van der Waals surface area contributed by atoms with Crippen molar-refractivity contribution in [3.63, 3.8) is 0 Å². The van der Waals surface area contributed by atoms with Gasteiger partial charge in [0.2, 0.25) is 0 Å². The number of piperidine rings is 1. The first-order chi connectivity index (χ1) is 23.0. The molecule has 4 aromatic rings. The molecule has 1 aliphatic heterocycles. The minimum Gasteiger partial charge on any atom is -0.482 e. The quantitative estimate of drug-likeness (QED) is 0.176. The summed E-state index contributed by atoms with van der Waals surface area (Å²) in [4.78, 5) is 32.2. The van der Waals surface area contributed by atoms with Gasteiger partial charge in [0, 0.05) is 78.2 Å². The van der Waals surface area contributed by atoms with Crippen molar-refractivity contribution < 1.29 is 28.5 Å². The maximum Gasteiger partial charge on any atom is 0.344 e. The van der Waals surface area contributed by atoms with E-state index >= 15 is 0 Å². The molecule has 0 amide bonds. The summed E-state index contributed by atoms with van der Waals surface area (Å²) in [6.07, 6.45) is 7.20. The van der Waals surface area contributed by atoms with Gasteiger partial charge in [-0.1, -0.05) is 23.7 Å². The lowest BCUT2D eigenvalue weighted by molar-refractivity contribution is -0.146. The van der Waals surface area contributed by atoms with E-state index in [0.717, 1.165) is 23.9 Å². The number of likely N-dealkylation sites (N-methyl/N-ethyl adjacent to an activating group) is 2. The first kappa shape index (κ1) is 38.6. The van der Waals surface area contributed by atoms with Gasteiger partial charge in [0.1, 0.15) is 18.0 Å². The zero-order chi connectivity index (χ0) is 34.4. The Balaban J connectivity index is 0.000000257. The number of likely N-dealkylation sites (tertiary alicyclic amines) is 1. The van der Waals surface area contributed by atoms with Crippen LogP contribution >= 0.6 is 39.9 Å². The minimum atomic E-state index is -0.421. The fourth-order valence-electron chi connectivity index (χ4n) is 6.68. The zero-order valence-electron chi connectivity index (χ0n) is 28.4. The summed E-state index contributed by atoms with van der Waals surface area (Å²) in [7, 11) is 9.90. The Kier molecular flexibility index (Phi) is 13.5. The van der Waals surface area contributed by atoms with Crippen LogP contribution in [0.25, 0.3) is 10.9 Å². The monoisotopic (exact) mass is 776 g/mol. The van der Waals surface area contributed by atoms with Crippen molar-refractivity contribution in [3.8, 4) is 5.75 Å². The highest BCUT2D eigenvalue weighted by Gasteiger charge is 2.51. The van der Waals surface area contributed by atoms with Gasteiger partial charge in [0.15, 0.2) is 6.61 Å². The molecule has 1 aliphatic carbocycles. The molecule has 49 heavy (non-hydrogen) atoms. The molecule has 1 saturated heterocycles. The van der Waals surface area contributed by atoms with Crippen LogP contribution in [0.2, 0.25) is 5.02 Å². The molecule has 10 nitrogen and oxygen atoms in total. The fraction of sp³-hybridized carbons (Fsp3) is 0.417. The molecule has 0 saturated carbocycles. The average molecular weight is 779 g/mol. The van der Waals surface area contributed by atoms with Gasteiger partial charge >= 0.3 is 11.9 Å². The summed E-state index contributed by atoms with van der Waals surface area (Å²) in [5.41, 5.74) is 3.90. The predicted molar refractivity (Wildman–Crippen MR) is 196 cm³/mol. The summed E-state index contributed by atoms with van der Waals surface area (Å²) in [5, 5.41) is 1.94. The molecule has 0 bridgehead atoms. The highest BCUT2D eigenvalue weighted by molar-refractivity contribution is 9.10. The Morgan fingerprint density at radius 3 is 2.55 bits per heavy atom. The number of hydrogen-bond donors (Lipinski definition) is 0. The number of hydrogen-bond acceptors (Lipinski definition) is 9. The summed E-state index contributed by atoms with van der Waals surface area (Å²) < 4.78 is 25.2. The average Bonchev–Trinajstić information content (AvgIpc) is 3.39. The van der Waals surface area contributed by atoms with Gasteiger partial charge in [-0.25, -0.2) is 9.59 Å². The molecule has 2 aromatic carbocycles. The molecule has 0 radical (unpaired) electrons. The van der Waals surface area contributed by atoms with E-state index in [1.807, 2.05) is 26.1 Å². The van der Waals surface area contributed by atoms with Crippen molar-refractivity contribution >= 4 is 62.8 Å². The topological polar surface area (TPSA) is 95.4 Å². The zero-order valence-corrected chi connectivity index (χ0v) is 31.5. The van der Waals surface area contributed by atoms with Crippen LogP contribution in [-0.4, -0.2) is 98.5 Å². The number of aromatic nitrogens is 2. The fourth-order valence-corrected chi connectivity index (χ4v) is 7.17. The number of nitrogens with zero attached hydrogens (tertiary/aromatic N) is 4. The molecule has 2 aromatic heterocycles. The van der Waals surface area contributed by atoms with E-state index in [4.69, 9.17) is 30.5 Å². The Hall–Kier alpha value is -3.19. The number of rotatable bonds is 10. The van der Waals surface area contributed by atoms with Gasteiger partial charge in [0.05, 0.1) is 12.2 Å². The summed E-state index contributed by atoms with van der Waals surface area (Å²) >= 11 is 9.08. The number of carbonyl (C=O) groups is 2. The second-order valence-corrected chi connectivity index (χ2v) is 13.9. The maximum absolute atomic E-state index is 12.5. The number of ether oxygens (including phenoxy) is 4.